The van der Waals surface area contributed by atoms with Crippen LogP contribution in [0.2, 0.25) is 0 Å². The molecule has 1 spiro atoms. The molecule has 172 valence electrons. The minimum absolute atomic E-state index is 0.262. The number of carbonyl (C=O) groups is 3. The van der Waals surface area contributed by atoms with Crippen molar-refractivity contribution in [2.24, 2.45) is 0 Å². The molecule has 8 heteroatoms. The molecule has 1 saturated carbocycles. The minimum atomic E-state index is -0.812. The number of piperazine rings is 1. The smallest absolute Gasteiger partial charge is 0.322 e. The van der Waals surface area contributed by atoms with E-state index in [-0.39, 0.29) is 18.2 Å². The first-order chi connectivity index (χ1) is 15.6. The highest BCUT2D eigenvalue weighted by Crippen LogP contribution is 2.32. The number of rotatable bonds is 7. The number of nitrogens with zero attached hydrogens (tertiary/aromatic N) is 3. The molecule has 8 nitrogen and oxygen atoms in total. The van der Waals surface area contributed by atoms with Gasteiger partial charge in [0.25, 0.3) is 5.91 Å². The van der Waals surface area contributed by atoms with Crippen molar-refractivity contribution in [3.8, 4) is 0 Å². The van der Waals surface area contributed by atoms with Gasteiger partial charge in [-0.1, -0.05) is 61.7 Å². The highest BCUT2D eigenvalue weighted by molar-refractivity contribution is 6.08. The van der Waals surface area contributed by atoms with Gasteiger partial charge in [0.1, 0.15) is 5.54 Å². The summed E-state index contributed by atoms with van der Waals surface area (Å²) in [5, 5.41) is 3.71. The Morgan fingerprint density at radius 3 is 2.41 bits per heavy atom. The molecule has 0 radical (unpaired) electrons. The number of imide groups is 1. The van der Waals surface area contributed by atoms with Crippen LogP contribution >= 0.6 is 0 Å². The zero-order chi connectivity index (χ0) is 22.4. The van der Waals surface area contributed by atoms with E-state index in [2.05, 4.69) is 44.8 Å². The fourth-order valence-electron chi connectivity index (χ4n) is 4.75. The molecule has 0 unspecified atom stereocenters. The summed E-state index contributed by atoms with van der Waals surface area (Å²) in [5.41, 5.74) is 2.92. The van der Waals surface area contributed by atoms with Gasteiger partial charge >= 0.3 is 6.03 Å². The minimum Gasteiger partial charge on any atom is -0.322 e. The molecule has 2 saturated heterocycles. The van der Waals surface area contributed by atoms with Gasteiger partial charge in [0.2, 0.25) is 5.91 Å². The van der Waals surface area contributed by atoms with Gasteiger partial charge in [0, 0.05) is 45.7 Å². The van der Waals surface area contributed by atoms with E-state index >= 15 is 0 Å². The SMILES string of the molecule is O=C(CCN1CCN(C/C=C/c2ccccc2)CC1)NN1C(=O)NC2(CCCCC2)C1=O. The fourth-order valence-corrected chi connectivity index (χ4v) is 4.75. The summed E-state index contributed by atoms with van der Waals surface area (Å²) in [7, 11) is 0. The standard InChI is InChI=1S/C24H33N5O3/c30-21(26-29-22(31)24(25-23(29)32)12-5-2-6-13-24)11-15-28-18-16-27(17-19-28)14-7-10-20-8-3-1-4-9-20/h1,3-4,7-10H,2,5-6,11-19H2,(H,25,32)(H,26,30)/b10-7+. The number of nitrogens with one attached hydrogen (secondary N) is 2. The summed E-state index contributed by atoms with van der Waals surface area (Å²) in [4.78, 5) is 42.1. The maximum absolute atomic E-state index is 12.8. The van der Waals surface area contributed by atoms with Crippen LogP contribution in [-0.4, -0.2) is 77.5 Å². The second kappa shape index (κ2) is 10.3. The van der Waals surface area contributed by atoms with Gasteiger partial charge in [-0.2, -0.15) is 5.01 Å². The van der Waals surface area contributed by atoms with E-state index in [1.165, 1.54) is 5.56 Å². The highest BCUT2D eigenvalue weighted by atomic mass is 16.2. The van der Waals surface area contributed by atoms with Crippen LogP contribution in [0, 0.1) is 0 Å². The zero-order valence-electron chi connectivity index (χ0n) is 18.6. The van der Waals surface area contributed by atoms with Crippen LogP contribution in [0.3, 0.4) is 0 Å². The molecule has 4 amide bonds. The van der Waals surface area contributed by atoms with Gasteiger partial charge in [0.15, 0.2) is 0 Å². The molecule has 2 N–H and O–H groups in total. The summed E-state index contributed by atoms with van der Waals surface area (Å²) < 4.78 is 0. The van der Waals surface area contributed by atoms with Crippen LogP contribution in [-0.2, 0) is 9.59 Å². The first-order valence-corrected chi connectivity index (χ1v) is 11.7. The Bertz CT molecular complexity index is 842. The van der Waals surface area contributed by atoms with E-state index in [4.69, 9.17) is 0 Å². The van der Waals surface area contributed by atoms with E-state index in [1.54, 1.807) is 0 Å². The molecular formula is C24H33N5O3. The number of hydrazine groups is 1. The lowest BCUT2D eigenvalue weighted by Gasteiger charge is -2.34. The second-order valence-electron chi connectivity index (χ2n) is 8.95. The molecule has 2 heterocycles. The maximum atomic E-state index is 12.8. The largest absolute Gasteiger partial charge is 0.344 e. The fraction of sp³-hybridized carbons (Fsp3) is 0.542. The molecule has 1 aromatic rings. The Kier molecular flexibility index (Phi) is 7.22. The number of amides is 4. The summed E-state index contributed by atoms with van der Waals surface area (Å²) in [6.07, 6.45) is 8.80. The Morgan fingerprint density at radius 1 is 1.00 bits per heavy atom. The molecule has 32 heavy (non-hydrogen) atoms. The normalized spacial score (nSPS) is 21.9. The molecule has 0 atom stereocenters. The lowest BCUT2D eigenvalue weighted by atomic mass is 9.82. The molecular weight excluding hydrogens is 406 g/mol. The summed E-state index contributed by atoms with van der Waals surface area (Å²) >= 11 is 0. The van der Waals surface area contributed by atoms with Crippen molar-refractivity contribution in [1.82, 2.24) is 25.6 Å². The predicted octanol–water partition coefficient (Wildman–Crippen LogP) is 1.99. The molecule has 0 aromatic heterocycles. The summed E-state index contributed by atoms with van der Waals surface area (Å²) in [6.45, 7) is 5.25. The lowest BCUT2D eigenvalue weighted by Crippen LogP contribution is -2.51. The lowest BCUT2D eigenvalue weighted by molar-refractivity contribution is -0.140. The van der Waals surface area contributed by atoms with Gasteiger partial charge in [-0.05, 0) is 18.4 Å². The third-order valence-electron chi connectivity index (χ3n) is 6.70. The van der Waals surface area contributed by atoms with Gasteiger partial charge in [-0.3, -0.25) is 19.9 Å². The number of hydrogen-bond donors (Lipinski definition) is 2. The molecule has 0 bridgehead atoms. The molecule has 3 aliphatic rings. The zero-order valence-corrected chi connectivity index (χ0v) is 18.6. The number of benzene rings is 1. The van der Waals surface area contributed by atoms with Crippen LogP contribution in [0.25, 0.3) is 6.08 Å². The van der Waals surface area contributed by atoms with Crippen molar-refractivity contribution >= 4 is 23.9 Å². The summed E-state index contributed by atoms with van der Waals surface area (Å²) in [5.74, 6) is -0.609. The number of urea groups is 1. The van der Waals surface area contributed by atoms with Crippen LogP contribution in [0.4, 0.5) is 4.79 Å². The average Bonchev–Trinajstić information content (AvgIpc) is 3.03. The van der Waals surface area contributed by atoms with Gasteiger partial charge < -0.3 is 10.2 Å². The molecule has 2 aliphatic heterocycles. The van der Waals surface area contributed by atoms with Gasteiger partial charge in [-0.25, -0.2) is 4.79 Å². The first kappa shape index (κ1) is 22.5. The topological polar surface area (TPSA) is 85.0 Å². The van der Waals surface area contributed by atoms with Gasteiger partial charge in [0.05, 0.1) is 0 Å². The molecule has 4 rings (SSSR count). The summed E-state index contributed by atoms with van der Waals surface area (Å²) in [6, 6.07) is 9.76. The maximum Gasteiger partial charge on any atom is 0.344 e. The van der Waals surface area contributed by atoms with Crippen LogP contribution in [0.15, 0.2) is 36.4 Å². The van der Waals surface area contributed by atoms with E-state index in [0.29, 0.717) is 19.4 Å². The quantitative estimate of drug-likeness (QED) is 0.635. The Balaban J connectivity index is 1.16. The third-order valence-corrected chi connectivity index (χ3v) is 6.70. The van der Waals surface area contributed by atoms with Crippen LogP contribution in [0.1, 0.15) is 44.1 Å². The average molecular weight is 440 g/mol. The molecule has 1 aromatic carbocycles. The first-order valence-electron chi connectivity index (χ1n) is 11.7. The van der Waals surface area contributed by atoms with Crippen LogP contribution in [0.5, 0.6) is 0 Å². The highest BCUT2D eigenvalue weighted by Gasteiger charge is 2.52. The monoisotopic (exact) mass is 439 g/mol. The second-order valence-corrected chi connectivity index (χ2v) is 8.95. The van der Waals surface area contributed by atoms with Crippen molar-refractivity contribution in [3.63, 3.8) is 0 Å². The van der Waals surface area contributed by atoms with E-state index in [1.807, 2.05) is 18.2 Å². The van der Waals surface area contributed by atoms with Crippen molar-refractivity contribution in [2.45, 2.75) is 44.1 Å². The molecule has 1 aliphatic carbocycles. The van der Waals surface area contributed by atoms with Crippen molar-refractivity contribution < 1.29 is 14.4 Å². The predicted molar refractivity (Wildman–Crippen MR) is 122 cm³/mol. The van der Waals surface area contributed by atoms with E-state index < -0.39 is 11.6 Å². The Hall–Kier alpha value is -2.71. The van der Waals surface area contributed by atoms with E-state index in [9.17, 15) is 14.4 Å². The van der Waals surface area contributed by atoms with Crippen molar-refractivity contribution in [2.75, 3.05) is 39.3 Å². The number of carbonyl (C=O) groups excluding carboxylic acids is 3. The van der Waals surface area contributed by atoms with E-state index in [0.717, 1.165) is 57.0 Å². The van der Waals surface area contributed by atoms with Gasteiger partial charge in [-0.15, -0.1) is 0 Å². The Morgan fingerprint density at radius 2 is 1.69 bits per heavy atom. The van der Waals surface area contributed by atoms with Crippen molar-refractivity contribution in [1.29, 1.82) is 0 Å². The third kappa shape index (κ3) is 5.37. The molecule has 3 fully saturated rings. The Labute approximate surface area is 189 Å². The number of hydrogen-bond acceptors (Lipinski definition) is 5. The van der Waals surface area contributed by atoms with Crippen LogP contribution < -0.4 is 10.7 Å². The van der Waals surface area contributed by atoms with Crippen molar-refractivity contribution in [3.05, 3.63) is 42.0 Å².